The number of hydrogen-bond donors (Lipinski definition) is 0. The Balaban J connectivity index is 2.34. The lowest BCUT2D eigenvalue weighted by Crippen LogP contribution is -2.05. The second-order valence-corrected chi connectivity index (χ2v) is 4.15. The summed E-state index contributed by atoms with van der Waals surface area (Å²) in [7, 11) is 0. The molecule has 0 spiro atoms. The van der Waals surface area contributed by atoms with Crippen LogP contribution in [0.5, 0.6) is 5.75 Å². The van der Waals surface area contributed by atoms with Crippen LogP contribution in [-0.4, -0.2) is 16.7 Å². The molecule has 0 aliphatic rings. The predicted octanol–water partition coefficient (Wildman–Crippen LogP) is 2.89. The highest BCUT2D eigenvalue weighted by atomic mass is 35.5. The van der Waals surface area contributed by atoms with Gasteiger partial charge in [-0.1, -0.05) is 23.7 Å². The van der Waals surface area contributed by atoms with Gasteiger partial charge in [0, 0.05) is 18.7 Å². The number of halogens is 1. The molecule has 96 valence electrons. The van der Waals surface area contributed by atoms with Gasteiger partial charge in [-0.05, 0) is 24.3 Å². The van der Waals surface area contributed by atoms with Crippen LogP contribution >= 0.6 is 11.6 Å². The van der Waals surface area contributed by atoms with E-state index in [2.05, 4.69) is 4.98 Å². The van der Waals surface area contributed by atoms with Crippen LogP contribution in [0.15, 0.2) is 42.6 Å². The topological polar surface area (TPSA) is 56.3 Å². The van der Waals surface area contributed by atoms with Gasteiger partial charge in [0.05, 0.1) is 5.56 Å². The van der Waals surface area contributed by atoms with E-state index >= 15 is 0 Å². The van der Waals surface area contributed by atoms with E-state index < -0.39 is 5.97 Å². The Morgan fingerprint density at radius 3 is 2.68 bits per heavy atom. The van der Waals surface area contributed by atoms with Gasteiger partial charge in [0.25, 0.3) is 0 Å². The lowest BCUT2D eigenvalue weighted by molar-refractivity contribution is -0.131. The molecule has 2 aromatic rings. The average molecular weight is 276 g/mol. The summed E-state index contributed by atoms with van der Waals surface area (Å²) in [6, 6.07) is 9.58. The number of aromatic nitrogens is 1. The van der Waals surface area contributed by atoms with E-state index in [0.29, 0.717) is 16.9 Å². The third kappa shape index (κ3) is 3.17. The van der Waals surface area contributed by atoms with E-state index in [-0.39, 0.29) is 10.9 Å². The van der Waals surface area contributed by atoms with Crippen LogP contribution in [0, 0.1) is 0 Å². The molecule has 1 aromatic heterocycles. The molecule has 4 nitrogen and oxygen atoms in total. The van der Waals surface area contributed by atoms with E-state index in [1.807, 2.05) is 0 Å². The van der Waals surface area contributed by atoms with Crippen molar-refractivity contribution in [3.8, 4) is 5.75 Å². The van der Waals surface area contributed by atoms with Gasteiger partial charge < -0.3 is 4.74 Å². The molecule has 0 aliphatic carbocycles. The zero-order chi connectivity index (χ0) is 13.8. The fraction of sp³-hybridized carbons (Fsp3) is 0.0714. The molecule has 1 heterocycles. The van der Waals surface area contributed by atoms with Crippen molar-refractivity contribution in [3.63, 3.8) is 0 Å². The summed E-state index contributed by atoms with van der Waals surface area (Å²) in [6.07, 6.45) is 1.51. The molecule has 1 aromatic carbocycles. The maximum atomic E-state index is 12.2. The van der Waals surface area contributed by atoms with Crippen molar-refractivity contribution < 1.29 is 14.3 Å². The first-order valence-corrected chi connectivity index (χ1v) is 5.89. The molecule has 0 N–H and O–H groups in total. The van der Waals surface area contributed by atoms with Crippen molar-refractivity contribution in [3.05, 3.63) is 58.9 Å². The summed E-state index contributed by atoms with van der Waals surface area (Å²) in [5, 5.41) is 0.144. The Hall–Kier alpha value is -2.20. The Morgan fingerprint density at radius 1 is 1.21 bits per heavy atom. The number of benzene rings is 1. The van der Waals surface area contributed by atoms with Crippen LogP contribution in [0.25, 0.3) is 0 Å². The largest absolute Gasteiger partial charge is 0.427 e. The lowest BCUT2D eigenvalue weighted by Gasteiger charge is -2.05. The number of carbonyl (C=O) groups excluding carboxylic acids is 2. The predicted molar refractivity (Wildman–Crippen MR) is 70.4 cm³/mol. The average Bonchev–Trinajstić information content (AvgIpc) is 2.38. The first-order valence-electron chi connectivity index (χ1n) is 5.51. The summed E-state index contributed by atoms with van der Waals surface area (Å²) in [5.74, 6) is -0.394. The standard InChI is InChI=1S/C14H10ClNO3/c1-9(17)19-11-5-2-4-10(8-11)13(18)12-6-3-7-16-14(12)15/h2-8H,1H3. The van der Waals surface area contributed by atoms with E-state index in [0.717, 1.165) is 0 Å². The minimum atomic E-state index is -0.441. The Morgan fingerprint density at radius 2 is 2.00 bits per heavy atom. The molecule has 0 saturated carbocycles. The van der Waals surface area contributed by atoms with Crippen molar-refractivity contribution >= 4 is 23.4 Å². The first-order chi connectivity index (χ1) is 9.08. The second-order valence-electron chi connectivity index (χ2n) is 3.79. The normalized spacial score (nSPS) is 10.0. The van der Waals surface area contributed by atoms with Crippen LogP contribution in [0.4, 0.5) is 0 Å². The SMILES string of the molecule is CC(=O)Oc1cccc(C(=O)c2cccnc2Cl)c1. The molecule has 0 aliphatic heterocycles. The van der Waals surface area contributed by atoms with Gasteiger partial charge in [-0.3, -0.25) is 9.59 Å². The van der Waals surface area contributed by atoms with E-state index in [1.165, 1.54) is 19.2 Å². The third-order valence-corrected chi connectivity index (χ3v) is 2.66. The molecular formula is C14H10ClNO3. The van der Waals surface area contributed by atoms with E-state index in [9.17, 15) is 9.59 Å². The fourth-order valence-corrected chi connectivity index (χ4v) is 1.78. The van der Waals surface area contributed by atoms with E-state index in [4.69, 9.17) is 16.3 Å². The molecule has 0 fully saturated rings. The highest BCUT2D eigenvalue weighted by Gasteiger charge is 2.14. The molecular weight excluding hydrogens is 266 g/mol. The van der Waals surface area contributed by atoms with Crippen molar-refractivity contribution in [2.24, 2.45) is 0 Å². The smallest absolute Gasteiger partial charge is 0.308 e. The molecule has 0 atom stereocenters. The molecule has 5 heteroatoms. The van der Waals surface area contributed by atoms with Crippen LogP contribution < -0.4 is 4.74 Å². The van der Waals surface area contributed by atoms with E-state index in [1.54, 1.807) is 30.3 Å². The number of nitrogens with zero attached hydrogens (tertiary/aromatic N) is 1. The van der Waals surface area contributed by atoms with Crippen molar-refractivity contribution in [1.29, 1.82) is 0 Å². The number of carbonyl (C=O) groups is 2. The van der Waals surface area contributed by atoms with Crippen LogP contribution in [-0.2, 0) is 4.79 Å². The summed E-state index contributed by atoms with van der Waals surface area (Å²) < 4.78 is 4.93. The fourth-order valence-electron chi connectivity index (χ4n) is 1.58. The maximum absolute atomic E-state index is 12.2. The van der Waals surface area contributed by atoms with Gasteiger partial charge in [-0.2, -0.15) is 0 Å². The van der Waals surface area contributed by atoms with Crippen LogP contribution in [0.3, 0.4) is 0 Å². The number of pyridine rings is 1. The lowest BCUT2D eigenvalue weighted by atomic mass is 10.0. The van der Waals surface area contributed by atoms with Crippen LogP contribution in [0.1, 0.15) is 22.8 Å². The summed E-state index contributed by atoms with van der Waals surface area (Å²) in [5.41, 5.74) is 0.692. The first kappa shape index (κ1) is 13.2. The zero-order valence-corrected chi connectivity index (χ0v) is 10.8. The van der Waals surface area contributed by atoms with Gasteiger partial charge >= 0.3 is 5.97 Å². The number of ether oxygens (including phenoxy) is 1. The zero-order valence-electron chi connectivity index (χ0n) is 10.1. The Labute approximate surface area is 115 Å². The Kier molecular flexibility index (Phi) is 3.92. The van der Waals surface area contributed by atoms with Crippen LogP contribution in [0.2, 0.25) is 5.15 Å². The Bertz CT molecular complexity index is 640. The molecule has 2 rings (SSSR count). The molecule has 0 amide bonds. The van der Waals surface area contributed by atoms with Crippen molar-refractivity contribution in [1.82, 2.24) is 4.98 Å². The number of esters is 1. The second kappa shape index (κ2) is 5.63. The monoisotopic (exact) mass is 275 g/mol. The molecule has 0 radical (unpaired) electrons. The highest BCUT2D eigenvalue weighted by molar-refractivity contribution is 6.33. The summed E-state index contributed by atoms with van der Waals surface area (Å²) >= 11 is 5.88. The van der Waals surface area contributed by atoms with Crippen molar-refractivity contribution in [2.45, 2.75) is 6.92 Å². The highest BCUT2D eigenvalue weighted by Crippen LogP contribution is 2.20. The number of rotatable bonds is 3. The molecule has 19 heavy (non-hydrogen) atoms. The summed E-state index contributed by atoms with van der Waals surface area (Å²) in [4.78, 5) is 27.0. The van der Waals surface area contributed by atoms with Crippen molar-refractivity contribution in [2.75, 3.05) is 0 Å². The molecule has 0 bridgehead atoms. The van der Waals surface area contributed by atoms with Gasteiger partial charge in [0.2, 0.25) is 0 Å². The quantitative estimate of drug-likeness (QED) is 0.374. The minimum Gasteiger partial charge on any atom is -0.427 e. The molecule has 0 unspecified atom stereocenters. The number of hydrogen-bond acceptors (Lipinski definition) is 4. The van der Waals surface area contributed by atoms with Gasteiger partial charge in [-0.15, -0.1) is 0 Å². The van der Waals surface area contributed by atoms with Gasteiger partial charge in [0.1, 0.15) is 10.9 Å². The third-order valence-electron chi connectivity index (χ3n) is 2.36. The van der Waals surface area contributed by atoms with Gasteiger partial charge in [-0.25, -0.2) is 4.98 Å². The summed E-state index contributed by atoms with van der Waals surface area (Å²) in [6.45, 7) is 1.30. The maximum Gasteiger partial charge on any atom is 0.308 e. The minimum absolute atomic E-state index is 0.144. The molecule has 0 saturated heterocycles. The number of ketones is 1. The van der Waals surface area contributed by atoms with Gasteiger partial charge in [0.15, 0.2) is 5.78 Å².